The highest BCUT2D eigenvalue weighted by Crippen LogP contribution is 2.16. The summed E-state index contributed by atoms with van der Waals surface area (Å²) in [7, 11) is 2.58. The Bertz CT molecular complexity index is 2100. The number of benzene rings is 2. The van der Waals surface area contributed by atoms with E-state index in [1.807, 2.05) is 13.0 Å². The first kappa shape index (κ1) is 50.6. The highest BCUT2D eigenvalue weighted by atomic mass is 16.6. The van der Waals surface area contributed by atoms with Gasteiger partial charge in [-0.15, -0.1) is 0 Å². The van der Waals surface area contributed by atoms with Gasteiger partial charge in [-0.05, 0) is 134 Å². The van der Waals surface area contributed by atoms with E-state index in [0.29, 0.717) is 40.3 Å². The Morgan fingerprint density at radius 1 is 0.603 bits per heavy atom. The molecule has 3 heterocycles. The largest absolute Gasteiger partial charge is 0.482 e. The zero-order valence-corrected chi connectivity index (χ0v) is 37.4. The second-order valence-corrected chi connectivity index (χ2v) is 15.6. The molecular weight excluding hydrogens is 809 g/mol. The Morgan fingerprint density at radius 3 is 1.32 bits per heavy atom. The molecule has 14 nitrogen and oxygen atoms in total. The van der Waals surface area contributed by atoms with Crippen LogP contribution in [0.5, 0.6) is 11.5 Å². The van der Waals surface area contributed by atoms with E-state index in [1.165, 1.54) is 33.1 Å². The number of hydrogen-bond acceptors (Lipinski definition) is 14. The number of hydrogen-bond donors (Lipinski definition) is 1. The van der Waals surface area contributed by atoms with Crippen LogP contribution in [0, 0.1) is 23.7 Å². The fourth-order valence-corrected chi connectivity index (χ4v) is 5.09. The van der Waals surface area contributed by atoms with E-state index in [9.17, 15) is 24.3 Å². The number of pyridine rings is 2. The second-order valence-electron chi connectivity index (χ2n) is 15.6. The van der Waals surface area contributed by atoms with Crippen LogP contribution in [0.2, 0.25) is 0 Å². The van der Waals surface area contributed by atoms with Gasteiger partial charge < -0.3 is 38.3 Å². The minimum atomic E-state index is -0.602. The normalized spacial score (nSPS) is 11.6. The number of aryl methyl sites for hydroxylation is 1. The monoisotopic (exact) mass is 864 g/mol. The predicted octanol–water partition coefficient (Wildman–Crippen LogP) is 6.83. The van der Waals surface area contributed by atoms with Gasteiger partial charge in [0, 0.05) is 41.2 Å². The molecule has 1 N–H and O–H groups in total. The number of carbonyl (C=O) groups is 4. The van der Waals surface area contributed by atoms with E-state index in [4.69, 9.17) is 28.4 Å². The molecule has 1 aliphatic heterocycles. The molecule has 334 valence electrons. The molecule has 0 spiro atoms. The number of aliphatic hydroxyl groups excluding tert-OH is 1. The quantitative estimate of drug-likeness (QED) is 0.0996. The average molecular weight is 865 g/mol. The fourth-order valence-electron chi connectivity index (χ4n) is 5.09. The molecule has 1 saturated heterocycles. The van der Waals surface area contributed by atoms with Crippen LogP contribution in [0.3, 0.4) is 0 Å². The third kappa shape index (κ3) is 20.1. The summed E-state index contributed by atoms with van der Waals surface area (Å²) in [6.45, 7) is 14.1. The lowest BCUT2D eigenvalue weighted by Gasteiger charge is -2.19. The topological polar surface area (TPSA) is 179 Å². The number of carbonyl (C=O) groups excluding carboxylic acids is 4. The van der Waals surface area contributed by atoms with Crippen LogP contribution in [0.4, 0.5) is 0 Å². The molecule has 0 amide bonds. The van der Waals surface area contributed by atoms with E-state index < -0.39 is 35.1 Å². The maximum atomic E-state index is 11.8. The minimum absolute atomic E-state index is 0.0780. The minimum Gasteiger partial charge on any atom is -0.482 e. The van der Waals surface area contributed by atoms with Gasteiger partial charge in [-0.1, -0.05) is 30.6 Å². The molecule has 14 heteroatoms. The van der Waals surface area contributed by atoms with Crippen LogP contribution in [-0.4, -0.2) is 90.8 Å². The van der Waals surface area contributed by atoms with Crippen LogP contribution >= 0.6 is 0 Å². The van der Waals surface area contributed by atoms with E-state index in [-0.39, 0.29) is 31.2 Å². The van der Waals surface area contributed by atoms with Crippen LogP contribution in [0.1, 0.15) is 116 Å². The highest BCUT2D eigenvalue weighted by Gasteiger charge is 2.18. The van der Waals surface area contributed by atoms with Crippen LogP contribution in [-0.2, 0) is 46.3 Å². The number of rotatable bonds is 10. The Labute approximate surface area is 369 Å². The van der Waals surface area contributed by atoms with Crippen molar-refractivity contribution in [2.45, 2.75) is 85.5 Å². The number of methoxy groups -OCH3 is 2. The van der Waals surface area contributed by atoms with Gasteiger partial charge in [-0.2, -0.15) is 0 Å². The molecule has 0 atom stereocenters. The molecular formula is C49H56N2O12. The maximum Gasteiger partial charge on any atom is 0.356 e. The number of aliphatic hydroxyl groups is 1. The van der Waals surface area contributed by atoms with Crippen molar-refractivity contribution in [3.8, 4) is 35.2 Å². The lowest BCUT2D eigenvalue weighted by molar-refractivity contribution is -0.158. The van der Waals surface area contributed by atoms with Crippen molar-refractivity contribution in [2.24, 2.45) is 0 Å². The first-order valence-electron chi connectivity index (χ1n) is 20.2. The van der Waals surface area contributed by atoms with Gasteiger partial charge in [-0.25, -0.2) is 29.1 Å². The molecule has 0 bridgehead atoms. The Balaban J connectivity index is 0.000000301. The standard InChI is InChI=1S/C23H25NO5.C22H23NO6.C4H8O/c1-6-18-13-17(14-20(24-18)22(26)27-5)8-7-16-9-11-19(12-10-16)28-15-21(25)29-23(2,3)4;1-22(2,3)29-20(25)14-28-18-9-7-15(8-10-18)5-6-16-11-17(13-24)23-19(12-16)21(26)27-4;1-2-4-5-3-1/h9-14H,6,15H2,1-5H3;7-12,24H,13-14H2,1-4H3;1-4H2. The van der Waals surface area contributed by atoms with Gasteiger partial charge >= 0.3 is 23.9 Å². The van der Waals surface area contributed by atoms with Crippen molar-refractivity contribution in [1.29, 1.82) is 0 Å². The number of nitrogens with zero attached hydrogens (tertiary/aromatic N) is 2. The van der Waals surface area contributed by atoms with Crippen molar-refractivity contribution < 1.29 is 57.4 Å². The van der Waals surface area contributed by atoms with E-state index in [1.54, 1.807) is 102 Å². The summed E-state index contributed by atoms with van der Waals surface area (Å²) in [6.07, 6.45) is 3.24. The van der Waals surface area contributed by atoms with Crippen molar-refractivity contribution in [3.63, 3.8) is 0 Å². The van der Waals surface area contributed by atoms with E-state index in [0.717, 1.165) is 24.5 Å². The van der Waals surface area contributed by atoms with Gasteiger partial charge in [0.15, 0.2) is 13.2 Å². The molecule has 0 aliphatic carbocycles. The van der Waals surface area contributed by atoms with E-state index in [2.05, 4.69) is 38.4 Å². The summed E-state index contributed by atoms with van der Waals surface area (Å²) >= 11 is 0. The Kier molecular flexibility index (Phi) is 20.3. The molecule has 0 radical (unpaired) electrons. The molecule has 0 saturated carbocycles. The molecule has 0 unspecified atom stereocenters. The highest BCUT2D eigenvalue weighted by molar-refractivity contribution is 5.88. The summed E-state index contributed by atoms with van der Waals surface area (Å²) in [5, 5.41) is 9.30. The molecule has 1 aliphatic rings. The zero-order chi connectivity index (χ0) is 46.4. The van der Waals surface area contributed by atoms with Gasteiger partial charge in [0.05, 0.1) is 26.5 Å². The van der Waals surface area contributed by atoms with Gasteiger partial charge in [0.2, 0.25) is 0 Å². The first-order valence-corrected chi connectivity index (χ1v) is 20.2. The van der Waals surface area contributed by atoms with Gasteiger partial charge in [0.1, 0.15) is 34.1 Å². The number of ether oxygens (including phenoxy) is 7. The summed E-state index contributed by atoms with van der Waals surface area (Å²) in [6, 6.07) is 20.5. The van der Waals surface area contributed by atoms with Gasteiger partial charge in [-0.3, -0.25) is 0 Å². The smallest absolute Gasteiger partial charge is 0.356 e. The van der Waals surface area contributed by atoms with Crippen LogP contribution in [0.25, 0.3) is 0 Å². The molecule has 4 aromatic rings. The number of aromatic nitrogens is 2. The molecule has 1 fully saturated rings. The van der Waals surface area contributed by atoms with Gasteiger partial charge in [0.25, 0.3) is 0 Å². The SMILES string of the molecule is C1CCOC1.CCc1cc(C#Cc2ccc(OCC(=O)OC(C)(C)C)cc2)cc(C(=O)OC)n1.COC(=O)c1cc(C#Cc2ccc(OCC(=O)OC(C)(C)C)cc2)cc(CO)n1. The second kappa shape index (κ2) is 25.3. The van der Waals surface area contributed by atoms with Crippen LogP contribution < -0.4 is 9.47 Å². The van der Waals surface area contributed by atoms with Crippen LogP contribution in [0.15, 0.2) is 72.8 Å². The Morgan fingerprint density at radius 2 is 0.984 bits per heavy atom. The van der Waals surface area contributed by atoms with E-state index >= 15 is 0 Å². The summed E-state index contributed by atoms with van der Waals surface area (Å²) in [5.74, 6) is 11.1. The molecule has 2 aromatic carbocycles. The third-order valence-electron chi connectivity index (χ3n) is 7.86. The maximum absolute atomic E-state index is 11.8. The fraction of sp³-hybridized carbons (Fsp3) is 0.388. The number of esters is 4. The average Bonchev–Trinajstić information content (AvgIpc) is 3.86. The third-order valence-corrected chi connectivity index (χ3v) is 7.86. The van der Waals surface area contributed by atoms with Crippen molar-refractivity contribution in [3.05, 3.63) is 118 Å². The summed E-state index contributed by atoms with van der Waals surface area (Å²) < 4.78 is 35.6. The first-order chi connectivity index (χ1) is 29.9. The molecule has 5 rings (SSSR count). The lowest BCUT2D eigenvalue weighted by Crippen LogP contribution is -2.27. The molecule has 2 aromatic heterocycles. The summed E-state index contributed by atoms with van der Waals surface area (Å²) in [4.78, 5) is 55.1. The lowest BCUT2D eigenvalue weighted by atomic mass is 10.1. The zero-order valence-electron chi connectivity index (χ0n) is 37.4. The summed E-state index contributed by atoms with van der Waals surface area (Å²) in [5.41, 5.74) is 2.98. The van der Waals surface area contributed by atoms with Crippen molar-refractivity contribution in [1.82, 2.24) is 9.97 Å². The van der Waals surface area contributed by atoms with Crippen molar-refractivity contribution in [2.75, 3.05) is 40.6 Å². The predicted molar refractivity (Wildman–Crippen MR) is 234 cm³/mol. The van der Waals surface area contributed by atoms with Crippen molar-refractivity contribution >= 4 is 23.9 Å². The Hall–Kier alpha value is -6.74. The molecule has 63 heavy (non-hydrogen) atoms.